The van der Waals surface area contributed by atoms with Crippen LogP contribution in [-0.2, 0) is 16.6 Å². The predicted molar refractivity (Wildman–Crippen MR) is 84.4 cm³/mol. The lowest BCUT2D eigenvalue weighted by Crippen LogP contribution is -2.26. The topological polar surface area (TPSA) is 71.3 Å². The Morgan fingerprint density at radius 3 is 2.48 bits per heavy atom. The number of hydrogen-bond acceptors (Lipinski definition) is 4. The van der Waals surface area contributed by atoms with Crippen LogP contribution in [0.15, 0.2) is 50.4 Å². The summed E-state index contributed by atoms with van der Waals surface area (Å²) in [4.78, 5) is 0. The SMILES string of the molecule is CNCc1ccc(S(=O)(=O)NC(C)c2ccc(Br)cc2)o1. The third-order valence-corrected chi connectivity index (χ3v) is 4.90. The monoisotopic (exact) mass is 372 g/mol. The Morgan fingerprint density at radius 2 is 1.86 bits per heavy atom. The van der Waals surface area contributed by atoms with Crippen LogP contribution in [0.2, 0.25) is 0 Å². The van der Waals surface area contributed by atoms with Crippen molar-refractivity contribution < 1.29 is 12.8 Å². The van der Waals surface area contributed by atoms with E-state index >= 15 is 0 Å². The number of rotatable bonds is 6. The normalized spacial score (nSPS) is 13.3. The lowest BCUT2D eigenvalue weighted by Gasteiger charge is -2.13. The molecule has 1 aromatic carbocycles. The number of hydrogen-bond donors (Lipinski definition) is 2. The van der Waals surface area contributed by atoms with Crippen molar-refractivity contribution in [1.82, 2.24) is 10.0 Å². The molecule has 0 bridgehead atoms. The van der Waals surface area contributed by atoms with Gasteiger partial charge in [-0.25, -0.2) is 13.1 Å². The van der Waals surface area contributed by atoms with Crippen LogP contribution in [0.4, 0.5) is 0 Å². The van der Waals surface area contributed by atoms with E-state index in [2.05, 4.69) is 26.0 Å². The van der Waals surface area contributed by atoms with Crippen LogP contribution in [0.5, 0.6) is 0 Å². The van der Waals surface area contributed by atoms with E-state index in [4.69, 9.17) is 4.42 Å². The zero-order valence-corrected chi connectivity index (χ0v) is 14.2. The summed E-state index contributed by atoms with van der Waals surface area (Å²) in [5.41, 5.74) is 0.878. The van der Waals surface area contributed by atoms with E-state index in [9.17, 15) is 8.42 Å². The Morgan fingerprint density at radius 1 is 1.19 bits per heavy atom. The lowest BCUT2D eigenvalue weighted by atomic mass is 10.1. The summed E-state index contributed by atoms with van der Waals surface area (Å²) >= 11 is 3.35. The third kappa shape index (κ3) is 4.16. The van der Waals surface area contributed by atoms with Gasteiger partial charge in [0.15, 0.2) is 0 Å². The maximum Gasteiger partial charge on any atom is 0.274 e. The molecule has 114 valence electrons. The fourth-order valence-corrected chi connectivity index (χ4v) is 3.33. The Balaban J connectivity index is 2.14. The molecule has 0 spiro atoms. The van der Waals surface area contributed by atoms with Gasteiger partial charge >= 0.3 is 0 Å². The van der Waals surface area contributed by atoms with Crippen LogP contribution in [0.25, 0.3) is 0 Å². The van der Waals surface area contributed by atoms with Crippen molar-refractivity contribution in [2.45, 2.75) is 24.6 Å². The first-order valence-corrected chi connectivity index (χ1v) is 8.71. The predicted octanol–water partition coefficient (Wildman–Crippen LogP) is 2.80. The molecule has 2 aromatic rings. The molecular weight excluding hydrogens is 356 g/mol. The fraction of sp³-hybridized carbons (Fsp3) is 0.286. The van der Waals surface area contributed by atoms with E-state index in [1.165, 1.54) is 6.07 Å². The van der Waals surface area contributed by atoms with Gasteiger partial charge in [0, 0.05) is 10.5 Å². The van der Waals surface area contributed by atoms with Gasteiger partial charge in [-0.05, 0) is 43.8 Å². The lowest BCUT2D eigenvalue weighted by molar-refractivity contribution is 0.403. The fourth-order valence-electron chi connectivity index (χ4n) is 1.88. The van der Waals surface area contributed by atoms with E-state index in [0.29, 0.717) is 12.3 Å². The van der Waals surface area contributed by atoms with Crippen molar-refractivity contribution in [2.24, 2.45) is 0 Å². The Bertz CT molecular complexity index is 695. The zero-order chi connectivity index (χ0) is 15.5. The molecule has 0 saturated carbocycles. The Labute approximate surface area is 132 Å². The summed E-state index contributed by atoms with van der Waals surface area (Å²) in [6.45, 7) is 2.27. The number of furan rings is 1. The van der Waals surface area contributed by atoms with Gasteiger partial charge in [-0.1, -0.05) is 28.1 Å². The van der Waals surface area contributed by atoms with E-state index in [0.717, 1.165) is 10.0 Å². The smallest absolute Gasteiger partial charge is 0.274 e. The summed E-state index contributed by atoms with van der Waals surface area (Å²) in [7, 11) is -1.90. The van der Waals surface area contributed by atoms with Crippen LogP contribution in [-0.4, -0.2) is 15.5 Å². The summed E-state index contributed by atoms with van der Waals surface area (Å²) in [6.07, 6.45) is 0. The second-order valence-electron chi connectivity index (χ2n) is 4.65. The van der Waals surface area contributed by atoms with E-state index in [1.54, 1.807) is 20.0 Å². The van der Waals surface area contributed by atoms with Gasteiger partial charge in [-0.2, -0.15) is 0 Å². The Hall–Kier alpha value is -1.15. The molecule has 1 atom stereocenters. The van der Waals surface area contributed by atoms with Crippen molar-refractivity contribution in [1.29, 1.82) is 0 Å². The number of halogens is 1. The number of benzene rings is 1. The van der Waals surface area contributed by atoms with Gasteiger partial charge in [0.2, 0.25) is 5.09 Å². The third-order valence-electron chi connectivity index (χ3n) is 2.95. The first kappa shape index (κ1) is 16.2. The van der Waals surface area contributed by atoms with Crippen molar-refractivity contribution >= 4 is 26.0 Å². The van der Waals surface area contributed by atoms with Crippen molar-refractivity contribution in [2.75, 3.05) is 7.05 Å². The minimum absolute atomic E-state index is 0.0725. The molecule has 2 rings (SSSR count). The van der Waals surface area contributed by atoms with Gasteiger partial charge in [0.1, 0.15) is 5.76 Å². The van der Waals surface area contributed by atoms with Crippen LogP contribution >= 0.6 is 15.9 Å². The molecule has 0 aliphatic rings. The zero-order valence-electron chi connectivity index (χ0n) is 11.8. The summed E-state index contributed by atoms with van der Waals surface area (Å²) < 4.78 is 33.4. The molecule has 1 unspecified atom stereocenters. The highest BCUT2D eigenvalue weighted by atomic mass is 79.9. The Kier molecular flexibility index (Phi) is 5.21. The first-order valence-electron chi connectivity index (χ1n) is 6.43. The quantitative estimate of drug-likeness (QED) is 0.817. The van der Waals surface area contributed by atoms with Crippen LogP contribution in [0.3, 0.4) is 0 Å². The summed E-state index contributed by atoms with van der Waals surface area (Å²) in [5.74, 6) is 0.578. The second kappa shape index (κ2) is 6.74. The largest absolute Gasteiger partial charge is 0.447 e. The van der Waals surface area contributed by atoms with Crippen molar-refractivity contribution in [3.8, 4) is 0 Å². The van der Waals surface area contributed by atoms with Crippen LogP contribution in [0.1, 0.15) is 24.3 Å². The average molecular weight is 373 g/mol. The maximum absolute atomic E-state index is 12.3. The molecular formula is C14H17BrN2O3S. The standard InChI is InChI=1S/C14H17BrN2O3S/c1-10(11-3-5-12(15)6-4-11)17-21(18,19)14-8-7-13(20-14)9-16-2/h3-8,10,16-17H,9H2,1-2H3. The molecule has 0 amide bonds. The molecule has 0 radical (unpaired) electrons. The van der Waals surface area contributed by atoms with Crippen LogP contribution in [0, 0.1) is 0 Å². The molecule has 0 aliphatic carbocycles. The molecule has 1 aromatic heterocycles. The molecule has 0 aliphatic heterocycles. The van der Waals surface area contributed by atoms with Gasteiger partial charge in [-0.15, -0.1) is 0 Å². The van der Waals surface area contributed by atoms with E-state index in [-0.39, 0.29) is 11.1 Å². The highest BCUT2D eigenvalue weighted by molar-refractivity contribution is 9.10. The van der Waals surface area contributed by atoms with Gasteiger partial charge in [0.25, 0.3) is 10.0 Å². The molecule has 7 heteroatoms. The summed E-state index contributed by atoms with van der Waals surface area (Å²) in [5, 5.41) is 2.83. The molecule has 1 heterocycles. The average Bonchev–Trinajstić information content (AvgIpc) is 2.89. The number of nitrogens with one attached hydrogen (secondary N) is 2. The molecule has 5 nitrogen and oxygen atoms in total. The van der Waals surface area contributed by atoms with E-state index < -0.39 is 10.0 Å². The molecule has 0 fully saturated rings. The van der Waals surface area contributed by atoms with Crippen molar-refractivity contribution in [3.05, 3.63) is 52.2 Å². The molecule has 21 heavy (non-hydrogen) atoms. The van der Waals surface area contributed by atoms with Crippen molar-refractivity contribution in [3.63, 3.8) is 0 Å². The summed E-state index contributed by atoms with van der Waals surface area (Å²) in [6, 6.07) is 10.2. The highest BCUT2D eigenvalue weighted by Crippen LogP contribution is 2.20. The maximum atomic E-state index is 12.3. The highest BCUT2D eigenvalue weighted by Gasteiger charge is 2.21. The minimum Gasteiger partial charge on any atom is -0.447 e. The molecule has 0 saturated heterocycles. The first-order chi connectivity index (χ1) is 9.92. The van der Waals surface area contributed by atoms with Gasteiger partial charge in [0.05, 0.1) is 6.54 Å². The van der Waals surface area contributed by atoms with E-state index in [1.807, 2.05) is 24.3 Å². The van der Waals surface area contributed by atoms with Crippen LogP contribution < -0.4 is 10.0 Å². The second-order valence-corrected chi connectivity index (χ2v) is 7.21. The van der Waals surface area contributed by atoms with Gasteiger partial charge in [-0.3, -0.25) is 0 Å². The molecule has 2 N–H and O–H groups in total. The minimum atomic E-state index is -3.67. The number of sulfonamides is 1. The van der Waals surface area contributed by atoms with Gasteiger partial charge < -0.3 is 9.73 Å².